The third-order valence-electron chi connectivity index (χ3n) is 4.03. The molecule has 4 heteroatoms. The van der Waals surface area contributed by atoms with E-state index >= 15 is 0 Å². The van der Waals surface area contributed by atoms with E-state index < -0.39 is 0 Å². The molecule has 2 rings (SSSR count). The van der Waals surface area contributed by atoms with Crippen molar-refractivity contribution in [3.8, 4) is 0 Å². The van der Waals surface area contributed by atoms with Crippen LogP contribution in [0.2, 0.25) is 0 Å². The van der Waals surface area contributed by atoms with Crippen molar-refractivity contribution in [2.45, 2.75) is 59.0 Å². The molecule has 0 radical (unpaired) electrons. The van der Waals surface area contributed by atoms with Crippen LogP contribution in [-0.4, -0.2) is 45.7 Å². The van der Waals surface area contributed by atoms with E-state index in [4.69, 9.17) is 0 Å². The van der Waals surface area contributed by atoms with Gasteiger partial charge in [-0.2, -0.15) is 0 Å². The van der Waals surface area contributed by atoms with Crippen molar-refractivity contribution >= 4 is 11.7 Å². The Kier molecular flexibility index (Phi) is 3.77. The lowest BCUT2D eigenvalue weighted by Crippen LogP contribution is -2.53. The molecule has 0 atom stereocenters. The highest BCUT2D eigenvalue weighted by Crippen LogP contribution is 2.32. The first kappa shape index (κ1) is 15.8. The van der Waals surface area contributed by atoms with Crippen molar-refractivity contribution in [3.63, 3.8) is 0 Å². The monoisotopic (exact) mass is 290 g/mol. The normalized spacial score (nSPS) is 20.9. The minimum atomic E-state index is -0.270. The summed E-state index contributed by atoms with van der Waals surface area (Å²) in [6.45, 7) is 13.5. The quantitative estimate of drug-likeness (QED) is 0.688. The van der Waals surface area contributed by atoms with Crippen LogP contribution in [0.25, 0.3) is 0 Å². The van der Waals surface area contributed by atoms with Crippen molar-refractivity contribution in [1.82, 2.24) is 9.80 Å². The lowest BCUT2D eigenvalue weighted by molar-refractivity contribution is -0.134. The Morgan fingerprint density at radius 1 is 0.952 bits per heavy atom. The van der Waals surface area contributed by atoms with E-state index in [2.05, 4.69) is 25.7 Å². The van der Waals surface area contributed by atoms with E-state index in [0.717, 1.165) is 0 Å². The van der Waals surface area contributed by atoms with E-state index in [0.29, 0.717) is 30.8 Å². The molecule has 0 N–H and O–H groups in total. The average Bonchev–Trinajstić information content (AvgIpc) is 2.48. The minimum Gasteiger partial charge on any atom is -0.361 e. The summed E-state index contributed by atoms with van der Waals surface area (Å²) in [6, 6.07) is 0. The summed E-state index contributed by atoms with van der Waals surface area (Å²) in [5, 5.41) is 0. The molecular formula is C17H26N2O2. The fourth-order valence-electron chi connectivity index (χ4n) is 2.88. The van der Waals surface area contributed by atoms with Crippen LogP contribution in [0.5, 0.6) is 0 Å². The molecule has 0 aromatic heterocycles. The molecule has 2 aliphatic rings. The van der Waals surface area contributed by atoms with Crippen LogP contribution >= 0.6 is 0 Å². The summed E-state index contributed by atoms with van der Waals surface area (Å²) in [7, 11) is 0. The highest BCUT2D eigenvalue weighted by molar-refractivity contribution is 6.09. The van der Waals surface area contributed by atoms with Gasteiger partial charge in [0.05, 0.1) is 0 Å². The molecule has 0 saturated carbocycles. The Balaban J connectivity index is 2.57. The Hall–Kier alpha value is -1.58. The van der Waals surface area contributed by atoms with E-state index in [1.807, 2.05) is 37.8 Å². The predicted octanol–water partition coefficient (Wildman–Crippen LogP) is 2.51. The molecule has 4 nitrogen and oxygen atoms in total. The lowest BCUT2D eigenvalue weighted by atomic mass is 9.94. The number of amides is 1. The van der Waals surface area contributed by atoms with Gasteiger partial charge in [0, 0.05) is 36.2 Å². The molecule has 0 spiro atoms. The zero-order valence-electron chi connectivity index (χ0n) is 14.0. The molecule has 0 aromatic carbocycles. The lowest BCUT2D eigenvalue weighted by Gasteiger charge is -2.44. The number of carbonyl (C=O) groups is 2. The number of Topliss-reactive ketones (excluding diaryl/α,β-unsaturated/α-hetero) is 1. The van der Waals surface area contributed by atoms with Gasteiger partial charge in [-0.05, 0) is 41.5 Å². The zero-order chi connectivity index (χ0) is 16.0. The minimum absolute atomic E-state index is 0.0366. The van der Waals surface area contributed by atoms with Crippen LogP contribution in [0.4, 0.5) is 0 Å². The number of nitrogens with zero attached hydrogens (tertiary/aromatic N) is 2. The number of rotatable bonds is 0. The Labute approximate surface area is 127 Å². The van der Waals surface area contributed by atoms with Gasteiger partial charge < -0.3 is 9.80 Å². The van der Waals surface area contributed by atoms with Crippen molar-refractivity contribution in [2.75, 3.05) is 13.1 Å². The summed E-state index contributed by atoms with van der Waals surface area (Å²) in [4.78, 5) is 29.2. The maximum absolute atomic E-state index is 13.1. The molecule has 0 bridgehead atoms. The van der Waals surface area contributed by atoms with Gasteiger partial charge >= 0.3 is 0 Å². The van der Waals surface area contributed by atoms with Crippen LogP contribution < -0.4 is 0 Å². The van der Waals surface area contributed by atoms with Gasteiger partial charge in [0.2, 0.25) is 0 Å². The molecule has 1 amide bonds. The van der Waals surface area contributed by atoms with Gasteiger partial charge in [-0.15, -0.1) is 0 Å². The number of carbonyl (C=O) groups excluding carboxylic acids is 2. The third kappa shape index (κ3) is 2.89. The Bertz CT molecular complexity index is 530. The zero-order valence-corrected chi connectivity index (χ0v) is 14.0. The summed E-state index contributed by atoms with van der Waals surface area (Å²) in [6.07, 6.45) is 4.23. The van der Waals surface area contributed by atoms with Crippen LogP contribution in [0, 0.1) is 0 Å². The first-order chi connectivity index (χ1) is 9.53. The van der Waals surface area contributed by atoms with Crippen LogP contribution in [0.15, 0.2) is 23.4 Å². The van der Waals surface area contributed by atoms with Crippen molar-refractivity contribution < 1.29 is 9.59 Å². The number of hydrogen-bond donors (Lipinski definition) is 0. The third-order valence-corrected chi connectivity index (χ3v) is 4.03. The SMILES string of the molecule is CC(C)(C)N1CC=CC2=C(C1=O)N(C(C)(C)C)CCC2=O. The molecule has 21 heavy (non-hydrogen) atoms. The standard InChI is InChI=1S/C17H26N2O2/c1-16(2,3)18-11-9-13(20)12-8-7-10-19(17(4,5)6)15(21)14(12)18/h7-8H,9-11H2,1-6H3. The first-order valence-corrected chi connectivity index (χ1v) is 7.57. The number of ketones is 1. The van der Waals surface area contributed by atoms with Crippen molar-refractivity contribution in [2.24, 2.45) is 0 Å². The van der Waals surface area contributed by atoms with Crippen LogP contribution in [0.1, 0.15) is 48.0 Å². The van der Waals surface area contributed by atoms with E-state index in [1.54, 1.807) is 0 Å². The highest BCUT2D eigenvalue weighted by Gasteiger charge is 2.40. The largest absolute Gasteiger partial charge is 0.361 e. The highest BCUT2D eigenvalue weighted by atomic mass is 16.2. The molecule has 0 fully saturated rings. The van der Waals surface area contributed by atoms with Gasteiger partial charge in [0.25, 0.3) is 5.91 Å². The average molecular weight is 290 g/mol. The molecule has 0 aromatic rings. The molecule has 2 heterocycles. The maximum atomic E-state index is 13.1. The predicted molar refractivity (Wildman–Crippen MR) is 83.7 cm³/mol. The van der Waals surface area contributed by atoms with Crippen molar-refractivity contribution in [3.05, 3.63) is 23.4 Å². The fraction of sp³-hybridized carbons (Fsp3) is 0.647. The summed E-state index contributed by atoms with van der Waals surface area (Å²) in [5.41, 5.74) is 0.697. The van der Waals surface area contributed by atoms with Gasteiger partial charge in [-0.3, -0.25) is 9.59 Å². The van der Waals surface area contributed by atoms with Gasteiger partial charge in [-0.1, -0.05) is 12.2 Å². The summed E-state index contributed by atoms with van der Waals surface area (Å²) < 4.78 is 0. The molecule has 116 valence electrons. The van der Waals surface area contributed by atoms with E-state index in [9.17, 15) is 9.59 Å². The summed E-state index contributed by atoms with van der Waals surface area (Å²) >= 11 is 0. The molecule has 0 saturated heterocycles. The maximum Gasteiger partial charge on any atom is 0.271 e. The van der Waals surface area contributed by atoms with Crippen LogP contribution in [0.3, 0.4) is 0 Å². The second-order valence-electron chi connectivity index (χ2n) is 7.75. The molecule has 0 aliphatic carbocycles. The van der Waals surface area contributed by atoms with Crippen LogP contribution in [-0.2, 0) is 9.59 Å². The molecular weight excluding hydrogens is 264 g/mol. The number of allylic oxidation sites excluding steroid dienone is 2. The van der Waals surface area contributed by atoms with Gasteiger partial charge in [0.15, 0.2) is 5.78 Å². The van der Waals surface area contributed by atoms with E-state index in [1.165, 1.54) is 0 Å². The fourth-order valence-corrected chi connectivity index (χ4v) is 2.88. The second-order valence-corrected chi connectivity index (χ2v) is 7.75. The Morgan fingerprint density at radius 3 is 2.05 bits per heavy atom. The van der Waals surface area contributed by atoms with Crippen molar-refractivity contribution in [1.29, 1.82) is 0 Å². The summed E-state index contributed by atoms with van der Waals surface area (Å²) in [5.74, 6) is 0.0383. The molecule has 0 unspecified atom stereocenters. The second kappa shape index (κ2) is 5.00. The van der Waals surface area contributed by atoms with Gasteiger partial charge in [-0.25, -0.2) is 0 Å². The van der Waals surface area contributed by atoms with Gasteiger partial charge in [0.1, 0.15) is 5.70 Å². The first-order valence-electron chi connectivity index (χ1n) is 7.57. The number of hydrogen-bond acceptors (Lipinski definition) is 3. The Morgan fingerprint density at radius 2 is 1.52 bits per heavy atom. The topological polar surface area (TPSA) is 40.6 Å². The van der Waals surface area contributed by atoms with E-state index in [-0.39, 0.29) is 22.8 Å². The molecule has 2 aliphatic heterocycles. The smallest absolute Gasteiger partial charge is 0.271 e.